The van der Waals surface area contributed by atoms with Gasteiger partial charge in [-0.05, 0) is 36.6 Å². The molecule has 0 aliphatic heterocycles. The van der Waals surface area contributed by atoms with Crippen LogP contribution in [0.3, 0.4) is 0 Å². The molecule has 0 amide bonds. The highest BCUT2D eigenvalue weighted by Crippen LogP contribution is 2.25. The second-order valence-electron chi connectivity index (χ2n) is 6.98. The first-order chi connectivity index (χ1) is 14.5. The van der Waals surface area contributed by atoms with Gasteiger partial charge in [0.2, 0.25) is 0 Å². The van der Waals surface area contributed by atoms with Crippen molar-refractivity contribution in [3.63, 3.8) is 0 Å². The third-order valence-electron chi connectivity index (χ3n) is 4.74. The second-order valence-corrected chi connectivity index (χ2v) is 8.63. The molecular formula is C23H19ClN2O3S. The van der Waals surface area contributed by atoms with Crippen LogP contribution < -0.4 is 5.56 Å². The maximum Gasteiger partial charge on any atom is 0.314 e. The summed E-state index contributed by atoms with van der Waals surface area (Å²) in [4.78, 5) is 31.3. The van der Waals surface area contributed by atoms with Gasteiger partial charge in [-0.15, -0.1) is 11.3 Å². The van der Waals surface area contributed by atoms with Crippen molar-refractivity contribution in [1.82, 2.24) is 9.38 Å². The van der Waals surface area contributed by atoms with Gasteiger partial charge in [-0.1, -0.05) is 54.1 Å². The van der Waals surface area contributed by atoms with E-state index in [9.17, 15) is 9.59 Å². The molecular weight excluding hydrogens is 420 g/mol. The largest absolute Gasteiger partial charge is 0.459 e. The molecule has 1 unspecified atom stereocenters. The van der Waals surface area contributed by atoms with Crippen molar-refractivity contribution in [2.75, 3.05) is 0 Å². The highest BCUT2D eigenvalue weighted by atomic mass is 35.5. The predicted octanol–water partition coefficient (Wildman–Crippen LogP) is 4.79. The third-order valence-corrected chi connectivity index (χ3v) is 5.89. The minimum atomic E-state index is -0.488. The average Bonchev–Trinajstić information content (AvgIpc) is 3.13. The van der Waals surface area contributed by atoms with Crippen LogP contribution in [0.1, 0.15) is 27.6 Å². The van der Waals surface area contributed by atoms with Crippen LogP contribution in [-0.4, -0.2) is 15.4 Å². The minimum Gasteiger partial charge on any atom is -0.459 e. The Morgan fingerprint density at radius 3 is 2.63 bits per heavy atom. The zero-order valence-electron chi connectivity index (χ0n) is 16.2. The summed E-state index contributed by atoms with van der Waals surface area (Å²) in [6, 6.07) is 18.4. The van der Waals surface area contributed by atoms with Crippen molar-refractivity contribution in [2.24, 2.45) is 0 Å². The molecule has 30 heavy (non-hydrogen) atoms. The Bertz CT molecular complexity index is 1230. The lowest BCUT2D eigenvalue weighted by molar-refractivity contribution is -0.147. The van der Waals surface area contributed by atoms with Crippen molar-refractivity contribution in [2.45, 2.75) is 25.9 Å². The molecule has 4 rings (SSSR count). The van der Waals surface area contributed by atoms with Gasteiger partial charge in [0.05, 0.1) is 11.6 Å². The van der Waals surface area contributed by atoms with Gasteiger partial charge in [0.25, 0.3) is 5.56 Å². The number of esters is 1. The molecule has 0 aliphatic carbocycles. The normalized spacial score (nSPS) is 12.1. The third kappa shape index (κ3) is 4.61. The highest BCUT2D eigenvalue weighted by Gasteiger charge is 2.23. The Hall–Kier alpha value is -2.96. The zero-order chi connectivity index (χ0) is 21.1. The summed E-state index contributed by atoms with van der Waals surface area (Å²) in [7, 11) is 0. The molecule has 5 nitrogen and oxygen atoms in total. The van der Waals surface area contributed by atoms with Crippen molar-refractivity contribution in [3.05, 3.63) is 104 Å². The lowest BCUT2D eigenvalue weighted by Crippen LogP contribution is -2.20. The number of ether oxygens (including phenoxy) is 1. The maximum absolute atomic E-state index is 13.0. The van der Waals surface area contributed by atoms with Gasteiger partial charge < -0.3 is 4.74 Å². The number of fused-ring (bicyclic) bond motifs is 1. The fourth-order valence-electron chi connectivity index (χ4n) is 3.26. The Morgan fingerprint density at radius 2 is 1.90 bits per heavy atom. The van der Waals surface area contributed by atoms with E-state index >= 15 is 0 Å². The van der Waals surface area contributed by atoms with Crippen LogP contribution in [0.2, 0.25) is 5.02 Å². The molecule has 2 heterocycles. The van der Waals surface area contributed by atoms with Gasteiger partial charge in [-0.3, -0.25) is 14.0 Å². The van der Waals surface area contributed by atoms with E-state index < -0.39 is 5.92 Å². The molecule has 0 saturated carbocycles. The first-order valence-electron chi connectivity index (χ1n) is 9.44. The number of carbonyl (C=O) groups excluding carboxylic acids is 1. The van der Waals surface area contributed by atoms with Gasteiger partial charge in [0.1, 0.15) is 6.61 Å². The van der Waals surface area contributed by atoms with Gasteiger partial charge >= 0.3 is 5.97 Å². The summed E-state index contributed by atoms with van der Waals surface area (Å²) in [5.41, 5.74) is 2.10. The van der Waals surface area contributed by atoms with E-state index in [1.54, 1.807) is 18.3 Å². The van der Waals surface area contributed by atoms with Crippen LogP contribution in [-0.2, 0) is 22.6 Å². The molecule has 0 saturated heterocycles. The summed E-state index contributed by atoms with van der Waals surface area (Å²) in [6.07, 6.45) is 2.25. The predicted molar refractivity (Wildman–Crippen MR) is 118 cm³/mol. The number of thiazole rings is 1. The fraction of sp³-hybridized carbons (Fsp3) is 0.174. The summed E-state index contributed by atoms with van der Waals surface area (Å²) < 4.78 is 7.08. The van der Waals surface area contributed by atoms with Crippen LogP contribution in [0.25, 0.3) is 4.96 Å². The zero-order valence-corrected chi connectivity index (χ0v) is 17.8. The number of carbonyl (C=O) groups is 1. The fourth-order valence-corrected chi connectivity index (χ4v) is 4.24. The minimum absolute atomic E-state index is 0.0552. The first kappa shape index (κ1) is 20.3. The quantitative estimate of drug-likeness (QED) is 0.406. The Morgan fingerprint density at radius 1 is 1.17 bits per heavy atom. The molecule has 0 spiro atoms. The Balaban J connectivity index is 1.55. The number of aromatic nitrogens is 2. The SMILES string of the molecule is Cc1cn2c(=O)cc(COC(=O)C(Cc3ccccc3)c3ccc(Cl)cc3)nc2s1. The van der Waals surface area contributed by atoms with Gasteiger partial charge in [0, 0.05) is 22.2 Å². The molecule has 0 N–H and O–H groups in total. The number of aryl methyl sites for hydroxylation is 1. The standard InChI is InChI=1S/C23H19ClN2O3S/c1-15-13-26-21(27)12-19(25-23(26)30-15)14-29-22(28)20(11-16-5-3-2-4-6-16)17-7-9-18(24)10-8-17/h2-10,12-13,20H,11,14H2,1H3. The highest BCUT2D eigenvalue weighted by molar-refractivity contribution is 7.16. The molecule has 2 aromatic heterocycles. The van der Waals surface area contributed by atoms with E-state index in [0.29, 0.717) is 22.1 Å². The van der Waals surface area contributed by atoms with Crippen LogP contribution >= 0.6 is 22.9 Å². The summed E-state index contributed by atoms with van der Waals surface area (Å²) in [6.45, 7) is 1.86. The van der Waals surface area contributed by atoms with Crippen LogP contribution in [0, 0.1) is 6.92 Å². The lowest BCUT2D eigenvalue weighted by Gasteiger charge is -2.17. The van der Waals surface area contributed by atoms with Crippen LogP contribution in [0.5, 0.6) is 0 Å². The maximum atomic E-state index is 13.0. The Labute approximate surface area is 182 Å². The number of nitrogens with zero attached hydrogens (tertiary/aromatic N) is 2. The monoisotopic (exact) mass is 438 g/mol. The average molecular weight is 439 g/mol. The van der Waals surface area contributed by atoms with Gasteiger partial charge in [0.15, 0.2) is 4.96 Å². The van der Waals surface area contributed by atoms with Crippen molar-refractivity contribution >= 4 is 33.9 Å². The topological polar surface area (TPSA) is 60.7 Å². The molecule has 1 atom stereocenters. The van der Waals surface area contributed by atoms with E-state index in [-0.39, 0.29) is 18.1 Å². The van der Waals surface area contributed by atoms with Gasteiger partial charge in [-0.25, -0.2) is 4.98 Å². The number of benzene rings is 2. The molecule has 4 aromatic rings. The van der Waals surface area contributed by atoms with E-state index in [1.165, 1.54) is 21.8 Å². The molecule has 0 aliphatic rings. The Kier molecular flexibility index (Phi) is 5.97. The van der Waals surface area contributed by atoms with Crippen molar-refractivity contribution in [3.8, 4) is 0 Å². The molecule has 0 radical (unpaired) electrons. The summed E-state index contributed by atoms with van der Waals surface area (Å²) in [5.74, 6) is -0.857. The van der Waals surface area contributed by atoms with E-state index in [4.69, 9.17) is 16.3 Å². The number of hydrogen-bond donors (Lipinski definition) is 0. The molecule has 152 valence electrons. The number of hydrogen-bond acceptors (Lipinski definition) is 5. The summed E-state index contributed by atoms with van der Waals surface area (Å²) in [5, 5.41) is 0.606. The number of rotatable bonds is 6. The number of halogens is 1. The second kappa shape index (κ2) is 8.81. The van der Waals surface area contributed by atoms with Crippen LogP contribution in [0.15, 0.2) is 71.7 Å². The van der Waals surface area contributed by atoms with Crippen LogP contribution in [0.4, 0.5) is 0 Å². The first-order valence-corrected chi connectivity index (χ1v) is 10.6. The molecule has 7 heteroatoms. The molecule has 0 bridgehead atoms. The van der Waals surface area contributed by atoms with Gasteiger partial charge in [-0.2, -0.15) is 0 Å². The molecule has 0 fully saturated rings. The van der Waals surface area contributed by atoms with Crippen molar-refractivity contribution < 1.29 is 9.53 Å². The lowest BCUT2D eigenvalue weighted by atomic mass is 9.92. The summed E-state index contributed by atoms with van der Waals surface area (Å²) >= 11 is 7.43. The van der Waals surface area contributed by atoms with E-state index in [1.807, 2.05) is 49.4 Å². The smallest absolute Gasteiger partial charge is 0.314 e. The van der Waals surface area contributed by atoms with E-state index in [2.05, 4.69) is 4.98 Å². The molecule has 2 aromatic carbocycles. The van der Waals surface area contributed by atoms with E-state index in [0.717, 1.165) is 16.0 Å². The van der Waals surface area contributed by atoms with Crippen molar-refractivity contribution in [1.29, 1.82) is 0 Å².